The van der Waals surface area contributed by atoms with Crippen LogP contribution in [0.1, 0.15) is 336 Å². The quantitative estimate of drug-likeness (QED) is 0.139. The first-order chi connectivity index (χ1) is 56.5. The molecule has 2 aromatic heterocycles. The van der Waals surface area contributed by atoms with Gasteiger partial charge in [-0.05, 0) is 317 Å². The predicted molar refractivity (Wildman–Crippen MR) is 537 cm³/mol. The van der Waals surface area contributed by atoms with Crippen molar-refractivity contribution in [3.05, 3.63) is 289 Å². The van der Waals surface area contributed by atoms with Gasteiger partial charge in [-0.25, -0.2) is 0 Å². The molecule has 0 fully saturated rings. The molecule has 0 saturated heterocycles. The molecule has 2 heterocycles. The zero-order valence-electron chi connectivity index (χ0n) is 82.3. The van der Waals surface area contributed by atoms with E-state index >= 15 is 0 Å². The molecule has 0 spiro atoms. The molecular weight excluding hydrogens is 1520 g/mol. The highest BCUT2D eigenvalue weighted by atomic mass is 35.5. The molecule has 0 saturated carbocycles. The maximum Gasteiger partial charge on any atom is 0.136 e. The highest BCUT2D eigenvalue weighted by Gasteiger charge is 2.41. The van der Waals surface area contributed by atoms with Crippen LogP contribution in [0.15, 0.2) is 203 Å². The van der Waals surface area contributed by atoms with Crippen LogP contribution in [0.4, 0.5) is 62.6 Å². The molecule has 2 aliphatic carbocycles. The average molecular weight is 1670 g/mol. The van der Waals surface area contributed by atoms with Crippen LogP contribution >= 0.6 is 11.6 Å². The molecular formula is C116H149ClN4O2. The molecule has 10 aromatic carbocycles. The lowest BCUT2D eigenvalue weighted by Gasteiger charge is -2.41. The normalized spacial score (nSPS) is 15.3. The number of benzene rings is 10. The molecule has 0 atom stereocenters. The molecule has 1 N–H and O–H groups in total. The zero-order valence-corrected chi connectivity index (χ0v) is 83.1. The van der Waals surface area contributed by atoms with Gasteiger partial charge in [0.15, 0.2) is 0 Å². The van der Waals surface area contributed by atoms with Crippen molar-refractivity contribution >= 4 is 96.1 Å². The molecule has 123 heavy (non-hydrogen) atoms. The number of aryl methyl sites for hydroxylation is 4. The molecule has 12 aromatic rings. The van der Waals surface area contributed by atoms with Crippen molar-refractivity contribution in [2.75, 3.05) is 20.0 Å². The van der Waals surface area contributed by atoms with E-state index in [0.717, 1.165) is 85.6 Å². The number of furan rings is 2. The van der Waals surface area contributed by atoms with Crippen LogP contribution in [0.3, 0.4) is 0 Å². The summed E-state index contributed by atoms with van der Waals surface area (Å²) in [5, 5.41) is 6.65. The number of rotatable bonds is 11. The van der Waals surface area contributed by atoms with E-state index in [9.17, 15) is 0 Å². The number of fused-ring (bicyclic) bond motifs is 4. The van der Waals surface area contributed by atoms with Gasteiger partial charge in [-0.1, -0.05) is 306 Å². The Morgan fingerprint density at radius 3 is 0.886 bits per heavy atom. The van der Waals surface area contributed by atoms with Crippen LogP contribution in [0.5, 0.6) is 0 Å². The van der Waals surface area contributed by atoms with Crippen molar-refractivity contribution < 1.29 is 8.83 Å². The molecule has 14 rings (SSSR count). The average Bonchev–Trinajstić information content (AvgIpc) is 1.70. The number of anilines is 11. The Labute approximate surface area is 748 Å². The van der Waals surface area contributed by atoms with E-state index in [1.165, 1.54) is 119 Å². The first kappa shape index (κ1) is 92.9. The molecule has 7 heteroatoms. The molecule has 0 bridgehead atoms. The first-order valence-electron chi connectivity index (χ1n) is 45.4. The van der Waals surface area contributed by atoms with Crippen molar-refractivity contribution in [2.24, 2.45) is 0 Å². The van der Waals surface area contributed by atoms with Crippen molar-refractivity contribution in [3.8, 4) is 0 Å². The summed E-state index contributed by atoms with van der Waals surface area (Å²) in [6.45, 7) is 82.7. The number of hydrogen-bond acceptors (Lipinski definition) is 6. The molecule has 0 radical (unpaired) electrons. The van der Waals surface area contributed by atoms with Crippen molar-refractivity contribution in [1.82, 2.24) is 0 Å². The summed E-state index contributed by atoms with van der Waals surface area (Å²) in [5.74, 6) is 0. The molecule has 0 unspecified atom stereocenters. The van der Waals surface area contributed by atoms with Gasteiger partial charge >= 0.3 is 0 Å². The fourth-order valence-corrected chi connectivity index (χ4v) is 18.3. The molecule has 2 aliphatic rings. The highest BCUT2D eigenvalue weighted by Crippen LogP contribution is 2.54. The highest BCUT2D eigenvalue weighted by molar-refractivity contribution is 6.31. The van der Waals surface area contributed by atoms with Gasteiger partial charge in [0.1, 0.15) is 23.7 Å². The van der Waals surface area contributed by atoms with E-state index < -0.39 is 0 Å². The smallest absolute Gasteiger partial charge is 0.136 e. The number of nitrogens with zero attached hydrogens (tertiary/aromatic N) is 3. The molecule has 0 amide bonds. The summed E-state index contributed by atoms with van der Waals surface area (Å²) < 4.78 is 12.6. The van der Waals surface area contributed by atoms with Gasteiger partial charge < -0.3 is 28.9 Å². The van der Waals surface area contributed by atoms with Crippen LogP contribution in [0.2, 0.25) is 5.02 Å². The number of halogens is 1. The summed E-state index contributed by atoms with van der Waals surface area (Å²) >= 11 is 6.70. The molecule has 6 nitrogen and oxygen atoms in total. The first-order valence-corrected chi connectivity index (χ1v) is 45.8. The zero-order chi connectivity index (χ0) is 90.8. The van der Waals surface area contributed by atoms with Crippen LogP contribution < -0.4 is 20.0 Å². The SMILES string of the molecule is CC(C)(C)c1ccc(Nc2coc3cc4c(cc23)C(C)(C)CCC4(C)C)cc1.Cc1cc(C(C)(C)C)cc(C)c1N(c1ccc(C(C)(C)C)cc1)c1cc(Cl)cc(C(C)(C)C)c1.Cc1cc(C(C)(C)C)cc(C)c1N(c1ccc(C(C)(C)C)cc1)c1cc(N(c2ccc(C(C)(C)C)cc2)c2coc3cc4c(cc23)C(C)(C)CCC4(C)C)cc(C(C)(C)C)c1. The summed E-state index contributed by atoms with van der Waals surface area (Å²) in [7, 11) is 0. The largest absolute Gasteiger partial charge is 0.462 e. The van der Waals surface area contributed by atoms with Crippen LogP contribution in [-0.2, 0) is 65.0 Å². The van der Waals surface area contributed by atoms with Gasteiger partial charge in [-0.2, -0.15) is 0 Å². The number of nitrogens with one attached hydrogen (secondary N) is 1. The maximum atomic E-state index is 6.70. The monoisotopic (exact) mass is 1670 g/mol. The summed E-state index contributed by atoms with van der Waals surface area (Å²) in [6.07, 6.45) is 8.60. The van der Waals surface area contributed by atoms with Crippen molar-refractivity contribution in [1.29, 1.82) is 0 Å². The maximum absolute atomic E-state index is 6.70. The summed E-state index contributed by atoms with van der Waals surface area (Å²) in [4.78, 5) is 7.34. The Hall–Kier alpha value is -9.23. The van der Waals surface area contributed by atoms with Gasteiger partial charge in [-0.3, -0.25) is 0 Å². The van der Waals surface area contributed by atoms with Crippen molar-refractivity contribution in [2.45, 2.75) is 340 Å². The Morgan fingerprint density at radius 1 is 0.276 bits per heavy atom. The third-order valence-electron chi connectivity index (χ3n) is 26.8. The lowest BCUT2D eigenvalue weighted by Crippen LogP contribution is -2.33. The second kappa shape index (κ2) is 33.0. The summed E-state index contributed by atoms with van der Waals surface area (Å²) in [6, 6.07) is 68.9. The van der Waals surface area contributed by atoms with Gasteiger partial charge in [0.25, 0.3) is 0 Å². The Balaban J connectivity index is 0.000000187. The van der Waals surface area contributed by atoms with Gasteiger partial charge in [0.05, 0.1) is 22.7 Å². The minimum atomic E-state index is -0.137. The summed E-state index contributed by atoms with van der Waals surface area (Å²) in [5.41, 5.74) is 36.4. The Kier molecular flexibility index (Phi) is 24.9. The number of hydrogen-bond donors (Lipinski definition) is 1. The van der Waals surface area contributed by atoms with E-state index in [0.29, 0.717) is 0 Å². The molecule has 652 valence electrons. The third kappa shape index (κ3) is 20.0. The van der Waals surface area contributed by atoms with E-state index in [1.54, 1.807) is 0 Å². The second-order valence-corrected chi connectivity index (χ2v) is 47.7. The second-order valence-electron chi connectivity index (χ2n) is 47.3. The van der Waals surface area contributed by atoms with E-state index in [4.69, 9.17) is 20.4 Å². The fraction of sp³-hybridized carbons (Fsp3) is 0.448. The van der Waals surface area contributed by atoms with E-state index in [1.807, 2.05) is 12.5 Å². The topological polar surface area (TPSA) is 48.0 Å². The van der Waals surface area contributed by atoms with Crippen LogP contribution in [0, 0.1) is 27.7 Å². The minimum Gasteiger partial charge on any atom is -0.462 e. The van der Waals surface area contributed by atoms with Crippen LogP contribution in [0.25, 0.3) is 21.9 Å². The Bertz CT molecular complexity index is 5790. The van der Waals surface area contributed by atoms with Gasteiger partial charge in [0, 0.05) is 55.6 Å². The minimum absolute atomic E-state index is 0.00158. The van der Waals surface area contributed by atoms with Crippen molar-refractivity contribution in [3.63, 3.8) is 0 Å². The lowest BCUT2D eigenvalue weighted by atomic mass is 9.63. The van der Waals surface area contributed by atoms with Crippen LogP contribution in [-0.4, -0.2) is 0 Å². The predicted octanol–water partition coefficient (Wildman–Crippen LogP) is 35.7. The van der Waals surface area contributed by atoms with E-state index in [-0.39, 0.29) is 65.0 Å². The molecule has 0 aliphatic heterocycles. The Morgan fingerprint density at radius 2 is 0.545 bits per heavy atom. The standard InChI is InChI=1S/C58H74N2O.C32H42ClN.C26H33NO/c1-37-29-41(55(9,10)11)30-38(2)52(37)60(44-25-21-40(22-26-44)54(6,7)8)46-32-42(56(12,13)14)31-45(33-46)59(43-23-19-39(20-24-43)53(3,4)5)50-36-61-51-35-49-48(34-47(50)51)57(15,16)27-28-58(49,17)18;1-21-16-24(31(6,7)8)17-22(2)29(21)34(27-14-12-23(13-15-27)30(3,4)5)28-19-25(32(9,10)11)18-26(33)20-28;1-24(2,3)17-8-10-18(11-9-17)27-22-16-28-23-15-21-20(14-19(22)23)25(4,5)12-13-26(21,6)7/h19-26,29-36H,27-28H2,1-18H3;12-20H,1-11H3;8-11,14-16,27H,12-13H2,1-7H3. The third-order valence-corrected chi connectivity index (χ3v) is 27.0. The lowest BCUT2D eigenvalue weighted by molar-refractivity contribution is 0.332. The van der Waals surface area contributed by atoms with Gasteiger partial charge in [0.2, 0.25) is 0 Å². The fourth-order valence-electron chi connectivity index (χ4n) is 18.1. The van der Waals surface area contributed by atoms with Gasteiger partial charge in [-0.15, -0.1) is 0 Å². The van der Waals surface area contributed by atoms with E-state index in [2.05, 4.69) is 451 Å².